The van der Waals surface area contributed by atoms with E-state index >= 15 is 0 Å². The molecule has 0 aromatic heterocycles. The average molecular weight is 250 g/mol. The molecule has 1 aromatic carbocycles. The molecule has 5 heteroatoms. The molecule has 0 unspecified atom stereocenters. The number of hydrogen-bond acceptors (Lipinski definition) is 4. The van der Waals surface area contributed by atoms with E-state index in [0.29, 0.717) is 25.1 Å². The lowest BCUT2D eigenvalue weighted by Gasteiger charge is -2.10. The molecule has 0 atom stereocenters. The zero-order valence-corrected chi connectivity index (χ0v) is 10.4. The number of rotatable bonds is 6. The molecule has 0 aliphatic rings. The molecule has 0 spiro atoms. The van der Waals surface area contributed by atoms with Crippen LogP contribution >= 0.6 is 0 Å². The van der Waals surface area contributed by atoms with Crippen LogP contribution in [0.4, 0.5) is 5.69 Å². The number of anilines is 1. The average Bonchev–Trinajstić information content (AvgIpc) is 2.38. The van der Waals surface area contributed by atoms with Crippen LogP contribution < -0.4 is 11.1 Å². The summed E-state index contributed by atoms with van der Waals surface area (Å²) in [6.45, 7) is 2.09. The molecule has 1 aromatic rings. The maximum atomic E-state index is 11.3. The monoisotopic (exact) mass is 250 g/mol. The number of carbonyl (C=O) groups is 2. The number of para-hydroxylation sites is 1. The molecular formula is C13H18N2O3. The number of hydrogen-bond donors (Lipinski definition) is 2. The standard InChI is InChI=1S/C13H18N2O3/c1-2-18-13(17)8-7-10-5-3-4-6-11(10)15-12(16)9-14/h3-6H,2,7-9,14H2,1H3,(H,15,16). The fourth-order valence-electron chi connectivity index (χ4n) is 1.53. The van der Waals surface area contributed by atoms with Crippen molar-refractivity contribution in [1.82, 2.24) is 0 Å². The number of nitrogens with one attached hydrogen (secondary N) is 1. The van der Waals surface area contributed by atoms with Gasteiger partial charge in [0.2, 0.25) is 5.91 Å². The van der Waals surface area contributed by atoms with Crippen molar-refractivity contribution >= 4 is 17.6 Å². The summed E-state index contributed by atoms with van der Waals surface area (Å²) in [6, 6.07) is 7.33. The van der Waals surface area contributed by atoms with E-state index in [-0.39, 0.29) is 18.4 Å². The van der Waals surface area contributed by atoms with Crippen molar-refractivity contribution in [3.8, 4) is 0 Å². The molecule has 3 N–H and O–H groups in total. The Kier molecular flexibility index (Phi) is 5.87. The highest BCUT2D eigenvalue weighted by molar-refractivity contribution is 5.92. The maximum absolute atomic E-state index is 11.3. The van der Waals surface area contributed by atoms with Gasteiger partial charge in [0.05, 0.1) is 13.2 Å². The van der Waals surface area contributed by atoms with Gasteiger partial charge in [0.1, 0.15) is 0 Å². The highest BCUT2D eigenvalue weighted by Crippen LogP contribution is 2.16. The van der Waals surface area contributed by atoms with E-state index in [1.54, 1.807) is 13.0 Å². The lowest BCUT2D eigenvalue weighted by atomic mass is 10.1. The van der Waals surface area contributed by atoms with Gasteiger partial charge in [-0.1, -0.05) is 18.2 Å². The second-order valence-electron chi connectivity index (χ2n) is 3.71. The van der Waals surface area contributed by atoms with Crippen LogP contribution in [0.5, 0.6) is 0 Å². The molecule has 0 saturated heterocycles. The van der Waals surface area contributed by atoms with Gasteiger partial charge >= 0.3 is 5.97 Å². The third kappa shape index (κ3) is 4.55. The Labute approximate surface area is 106 Å². The number of ether oxygens (including phenoxy) is 1. The first-order valence-electron chi connectivity index (χ1n) is 5.90. The molecule has 0 saturated carbocycles. The van der Waals surface area contributed by atoms with E-state index in [1.165, 1.54) is 0 Å². The van der Waals surface area contributed by atoms with Crippen LogP contribution in [0, 0.1) is 0 Å². The molecule has 18 heavy (non-hydrogen) atoms. The summed E-state index contributed by atoms with van der Waals surface area (Å²) in [5.41, 5.74) is 6.83. The van der Waals surface area contributed by atoms with Gasteiger partial charge in [-0.2, -0.15) is 0 Å². The van der Waals surface area contributed by atoms with Gasteiger partial charge in [0.15, 0.2) is 0 Å². The van der Waals surface area contributed by atoms with Crippen molar-refractivity contribution < 1.29 is 14.3 Å². The van der Waals surface area contributed by atoms with Crippen molar-refractivity contribution in [2.75, 3.05) is 18.5 Å². The molecule has 0 bridgehead atoms. The van der Waals surface area contributed by atoms with Crippen LogP contribution in [0.2, 0.25) is 0 Å². The summed E-state index contributed by atoms with van der Waals surface area (Å²) >= 11 is 0. The van der Waals surface area contributed by atoms with Crippen LogP contribution in [-0.4, -0.2) is 25.0 Å². The van der Waals surface area contributed by atoms with Gasteiger partial charge < -0.3 is 15.8 Å². The van der Waals surface area contributed by atoms with Crippen molar-refractivity contribution in [3.05, 3.63) is 29.8 Å². The van der Waals surface area contributed by atoms with Crippen molar-refractivity contribution in [1.29, 1.82) is 0 Å². The van der Waals surface area contributed by atoms with Crippen LogP contribution in [0.15, 0.2) is 24.3 Å². The number of carbonyl (C=O) groups excluding carboxylic acids is 2. The van der Waals surface area contributed by atoms with Gasteiger partial charge in [-0.05, 0) is 25.0 Å². The molecular weight excluding hydrogens is 232 g/mol. The summed E-state index contributed by atoms with van der Waals surface area (Å²) in [6.07, 6.45) is 0.823. The second kappa shape index (κ2) is 7.45. The molecule has 98 valence electrons. The Bertz CT molecular complexity index is 418. The predicted octanol–water partition coefficient (Wildman–Crippen LogP) is 1.08. The van der Waals surface area contributed by atoms with Gasteiger partial charge in [0.25, 0.3) is 0 Å². The fraction of sp³-hybridized carbons (Fsp3) is 0.385. The summed E-state index contributed by atoms with van der Waals surface area (Å²) in [4.78, 5) is 22.5. The number of benzene rings is 1. The highest BCUT2D eigenvalue weighted by atomic mass is 16.5. The minimum atomic E-state index is -0.251. The zero-order chi connectivity index (χ0) is 13.4. The minimum Gasteiger partial charge on any atom is -0.466 e. The molecule has 0 heterocycles. The van der Waals surface area contributed by atoms with E-state index < -0.39 is 0 Å². The predicted molar refractivity (Wildman–Crippen MR) is 69.1 cm³/mol. The molecule has 0 aliphatic carbocycles. The number of amides is 1. The Morgan fingerprint density at radius 1 is 1.33 bits per heavy atom. The minimum absolute atomic E-state index is 0.0633. The smallest absolute Gasteiger partial charge is 0.306 e. The van der Waals surface area contributed by atoms with E-state index in [1.807, 2.05) is 18.2 Å². The van der Waals surface area contributed by atoms with Crippen LogP contribution in [0.3, 0.4) is 0 Å². The highest BCUT2D eigenvalue weighted by Gasteiger charge is 2.08. The van der Waals surface area contributed by atoms with Gasteiger partial charge in [-0.15, -0.1) is 0 Å². The Morgan fingerprint density at radius 2 is 2.06 bits per heavy atom. The van der Waals surface area contributed by atoms with Crippen molar-refractivity contribution in [2.45, 2.75) is 19.8 Å². The third-order valence-corrected chi connectivity index (χ3v) is 2.38. The first kappa shape index (κ1) is 14.2. The second-order valence-corrected chi connectivity index (χ2v) is 3.71. The largest absolute Gasteiger partial charge is 0.466 e. The molecule has 0 fully saturated rings. The van der Waals surface area contributed by atoms with E-state index in [4.69, 9.17) is 10.5 Å². The van der Waals surface area contributed by atoms with Crippen LogP contribution in [0.25, 0.3) is 0 Å². The Balaban J connectivity index is 2.64. The quantitative estimate of drug-likeness (QED) is 0.740. The zero-order valence-electron chi connectivity index (χ0n) is 10.4. The summed E-state index contributed by atoms with van der Waals surface area (Å²) in [7, 11) is 0. The number of esters is 1. The lowest BCUT2D eigenvalue weighted by molar-refractivity contribution is -0.143. The van der Waals surface area contributed by atoms with Crippen LogP contribution in [0.1, 0.15) is 18.9 Å². The van der Waals surface area contributed by atoms with Gasteiger partial charge in [-0.25, -0.2) is 0 Å². The van der Waals surface area contributed by atoms with E-state index in [2.05, 4.69) is 5.32 Å². The fourth-order valence-corrected chi connectivity index (χ4v) is 1.53. The van der Waals surface area contributed by atoms with E-state index in [0.717, 1.165) is 5.56 Å². The molecule has 0 aliphatic heterocycles. The normalized spacial score (nSPS) is 9.89. The lowest BCUT2D eigenvalue weighted by Crippen LogP contribution is -2.22. The SMILES string of the molecule is CCOC(=O)CCc1ccccc1NC(=O)CN. The van der Waals surface area contributed by atoms with E-state index in [9.17, 15) is 9.59 Å². The summed E-state index contributed by atoms with van der Waals surface area (Å²) < 4.78 is 4.86. The van der Waals surface area contributed by atoms with Crippen LogP contribution in [-0.2, 0) is 20.7 Å². The maximum Gasteiger partial charge on any atom is 0.306 e. The number of nitrogens with two attached hydrogens (primary N) is 1. The topological polar surface area (TPSA) is 81.4 Å². The first-order chi connectivity index (χ1) is 8.67. The summed E-state index contributed by atoms with van der Waals surface area (Å²) in [5, 5.41) is 2.70. The molecule has 0 radical (unpaired) electrons. The molecule has 1 amide bonds. The first-order valence-corrected chi connectivity index (χ1v) is 5.90. The Hall–Kier alpha value is -1.88. The summed E-state index contributed by atoms with van der Waals surface area (Å²) in [5.74, 6) is -0.490. The van der Waals surface area contributed by atoms with Crippen molar-refractivity contribution in [3.63, 3.8) is 0 Å². The van der Waals surface area contributed by atoms with Gasteiger partial charge in [0, 0.05) is 12.1 Å². The third-order valence-electron chi connectivity index (χ3n) is 2.38. The molecule has 1 rings (SSSR count). The molecule has 5 nitrogen and oxygen atoms in total. The Morgan fingerprint density at radius 3 is 2.72 bits per heavy atom. The van der Waals surface area contributed by atoms with Crippen molar-refractivity contribution in [2.24, 2.45) is 5.73 Å². The number of aryl methyl sites for hydroxylation is 1. The van der Waals surface area contributed by atoms with Gasteiger partial charge in [-0.3, -0.25) is 9.59 Å².